The molecule has 0 aliphatic carbocycles. The molecule has 134 valence electrons. The van der Waals surface area contributed by atoms with Crippen LogP contribution >= 0.6 is 37.5 Å². The van der Waals surface area contributed by atoms with Crippen LogP contribution < -0.4 is 11.1 Å². The van der Waals surface area contributed by atoms with Crippen molar-refractivity contribution >= 4 is 49.1 Å². The minimum Gasteiger partial charge on any atom is -0.507 e. The van der Waals surface area contributed by atoms with Crippen LogP contribution in [0, 0.1) is 0 Å². The lowest BCUT2D eigenvalue weighted by atomic mass is 10.1. The number of halogens is 1. The summed E-state index contributed by atoms with van der Waals surface area (Å²) in [5.41, 5.74) is 6.42. The van der Waals surface area contributed by atoms with E-state index in [1.165, 1.54) is 6.07 Å². The monoisotopic (exact) mass is 435 g/mol. The quantitative estimate of drug-likeness (QED) is 0.156. The van der Waals surface area contributed by atoms with Gasteiger partial charge in [-0.15, -0.1) is 0 Å². The summed E-state index contributed by atoms with van der Waals surface area (Å²) in [5, 5.41) is 24.3. The fourth-order valence-corrected chi connectivity index (χ4v) is 4.30. The number of nitrogens with one attached hydrogen (secondary N) is 1. The Morgan fingerprint density at radius 3 is 2.75 bits per heavy atom. The van der Waals surface area contributed by atoms with Crippen molar-refractivity contribution < 1.29 is 15.1 Å². The van der Waals surface area contributed by atoms with Gasteiger partial charge in [-0.25, -0.2) is 0 Å². The maximum atomic E-state index is 12.0. The molecule has 0 aliphatic rings. The SMILES string of the molecule is CC(C)(CN)SSCCNC(=O)/C(Cc1ccc(O)c(Br)c1)=N/O. The third kappa shape index (κ3) is 7.33. The Labute approximate surface area is 158 Å². The second-order valence-corrected chi connectivity index (χ2v) is 9.61. The van der Waals surface area contributed by atoms with Gasteiger partial charge in [-0.1, -0.05) is 32.8 Å². The third-order valence-corrected chi connectivity index (χ3v) is 6.96. The number of benzene rings is 1. The molecular formula is C15H22BrN3O3S2. The molecule has 6 nitrogen and oxygen atoms in total. The van der Waals surface area contributed by atoms with E-state index in [1.54, 1.807) is 33.7 Å². The summed E-state index contributed by atoms with van der Waals surface area (Å²) in [4.78, 5) is 12.0. The number of phenols is 1. The van der Waals surface area contributed by atoms with E-state index in [4.69, 9.17) is 10.9 Å². The molecule has 1 amide bonds. The van der Waals surface area contributed by atoms with Gasteiger partial charge in [0.05, 0.1) is 4.47 Å². The number of oxime groups is 1. The van der Waals surface area contributed by atoms with Crippen LogP contribution in [0.5, 0.6) is 5.75 Å². The molecule has 9 heteroatoms. The molecule has 0 saturated carbocycles. The van der Waals surface area contributed by atoms with E-state index in [0.717, 1.165) is 11.3 Å². The van der Waals surface area contributed by atoms with Gasteiger partial charge in [0, 0.05) is 30.0 Å². The normalized spacial score (nSPS) is 12.2. The number of nitrogens with zero attached hydrogens (tertiary/aromatic N) is 1. The minimum atomic E-state index is -0.412. The highest BCUT2D eigenvalue weighted by molar-refractivity contribution is 9.10. The van der Waals surface area contributed by atoms with Crippen LogP contribution in [0.15, 0.2) is 27.8 Å². The molecule has 0 fully saturated rings. The van der Waals surface area contributed by atoms with Crippen LogP contribution in [-0.4, -0.2) is 45.5 Å². The summed E-state index contributed by atoms with van der Waals surface area (Å²) in [6.07, 6.45) is 0.170. The van der Waals surface area contributed by atoms with Crippen LogP contribution in [0.25, 0.3) is 0 Å². The Morgan fingerprint density at radius 2 is 2.17 bits per heavy atom. The number of hydrogen-bond acceptors (Lipinski definition) is 7. The summed E-state index contributed by atoms with van der Waals surface area (Å²) < 4.78 is 0.521. The highest BCUT2D eigenvalue weighted by Crippen LogP contribution is 2.34. The fourth-order valence-electron chi connectivity index (χ4n) is 1.56. The molecule has 0 unspecified atom stereocenters. The Morgan fingerprint density at radius 1 is 1.46 bits per heavy atom. The highest BCUT2D eigenvalue weighted by atomic mass is 79.9. The second kappa shape index (κ2) is 10.2. The zero-order valence-corrected chi connectivity index (χ0v) is 16.8. The molecule has 1 aromatic carbocycles. The molecule has 0 bridgehead atoms. The van der Waals surface area contributed by atoms with Gasteiger partial charge in [0.2, 0.25) is 0 Å². The molecule has 0 atom stereocenters. The van der Waals surface area contributed by atoms with E-state index < -0.39 is 5.91 Å². The number of nitrogens with two attached hydrogens (primary N) is 1. The van der Waals surface area contributed by atoms with Gasteiger partial charge in [0.1, 0.15) is 11.5 Å². The van der Waals surface area contributed by atoms with Gasteiger partial charge in [-0.3, -0.25) is 4.79 Å². The van der Waals surface area contributed by atoms with Gasteiger partial charge < -0.3 is 21.4 Å². The van der Waals surface area contributed by atoms with Crippen molar-refractivity contribution in [3.63, 3.8) is 0 Å². The lowest BCUT2D eigenvalue weighted by Gasteiger charge is -2.20. The molecule has 5 N–H and O–H groups in total. The average Bonchev–Trinajstić information content (AvgIpc) is 2.55. The molecule has 0 aromatic heterocycles. The van der Waals surface area contributed by atoms with Crippen LogP contribution in [0.2, 0.25) is 0 Å². The third-order valence-electron chi connectivity index (χ3n) is 3.01. The number of rotatable bonds is 9. The molecule has 1 aromatic rings. The van der Waals surface area contributed by atoms with E-state index in [2.05, 4.69) is 40.2 Å². The minimum absolute atomic E-state index is 0.00134. The second-order valence-electron chi connectivity index (χ2n) is 5.63. The molecule has 0 radical (unpaired) electrons. The van der Waals surface area contributed by atoms with Crippen LogP contribution in [0.3, 0.4) is 0 Å². The molecule has 0 aliphatic heterocycles. The fraction of sp³-hybridized carbons (Fsp3) is 0.467. The lowest BCUT2D eigenvalue weighted by molar-refractivity contribution is -0.114. The number of phenolic OH excluding ortho intramolecular Hbond substituents is 1. The Hall–Kier alpha value is -0.900. The van der Waals surface area contributed by atoms with E-state index in [-0.39, 0.29) is 22.6 Å². The Kier molecular flexibility index (Phi) is 8.96. The van der Waals surface area contributed by atoms with Gasteiger partial charge in [-0.2, -0.15) is 0 Å². The summed E-state index contributed by atoms with van der Waals surface area (Å²) in [6, 6.07) is 4.86. The maximum absolute atomic E-state index is 12.0. The Bertz CT molecular complexity index is 597. The van der Waals surface area contributed by atoms with E-state index in [0.29, 0.717) is 17.6 Å². The number of carbonyl (C=O) groups is 1. The average molecular weight is 436 g/mol. The van der Waals surface area contributed by atoms with Crippen LogP contribution in [0.4, 0.5) is 0 Å². The first-order valence-electron chi connectivity index (χ1n) is 7.26. The van der Waals surface area contributed by atoms with Gasteiger partial charge in [0.25, 0.3) is 5.91 Å². The van der Waals surface area contributed by atoms with Crippen molar-refractivity contribution in [3.05, 3.63) is 28.2 Å². The van der Waals surface area contributed by atoms with Crippen LogP contribution in [-0.2, 0) is 11.2 Å². The first-order valence-corrected chi connectivity index (χ1v) is 10.4. The standard InChI is InChI=1S/C15H22BrN3O3S2/c1-15(2,9-17)24-23-6-5-18-14(21)12(19-22)8-10-3-4-13(20)11(16)7-10/h3-4,7,20,22H,5-6,8-9,17H2,1-2H3,(H,18,21)/b19-12+. The molecule has 24 heavy (non-hydrogen) atoms. The van der Waals surface area contributed by atoms with Crippen LogP contribution in [0.1, 0.15) is 19.4 Å². The number of amides is 1. The maximum Gasteiger partial charge on any atom is 0.269 e. The lowest BCUT2D eigenvalue weighted by Crippen LogP contribution is -2.34. The van der Waals surface area contributed by atoms with Crippen molar-refractivity contribution in [1.82, 2.24) is 5.32 Å². The van der Waals surface area contributed by atoms with Crippen molar-refractivity contribution in [3.8, 4) is 5.75 Å². The largest absolute Gasteiger partial charge is 0.507 e. The summed E-state index contributed by atoms with van der Waals surface area (Å²) >= 11 is 3.21. The molecule has 0 spiro atoms. The van der Waals surface area contributed by atoms with E-state index in [9.17, 15) is 9.90 Å². The summed E-state index contributed by atoms with van der Waals surface area (Å²) in [7, 11) is 3.32. The summed E-state index contributed by atoms with van der Waals surface area (Å²) in [5.74, 6) is 0.425. The van der Waals surface area contributed by atoms with Gasteiger partial charge in [0.15, 0.2) is 0 Å². The van der Waals surface area contributed by atoms with Gasteiger partial charge in [-0.05, 0) is 47.5 Å². The predicted molar refractivity (Wildman–Crippen MR) is 105 cm³/mol. The first-order chi connectivity index (χ1) is 11.3. The zero-order chi connectivity index (χ0) is 18.2. The number of aromatic hydroxyl groups is 1. The number of carbonyl (C=O) groups excluding carboxylic acids is 1. The smallest absolute Gasteiger partial charge is 0.269 e. The zero-order valence-electron chi connectivity index (χ0n) is 13.6. The number of hydrogen-bond donors (Lipinski definition) is 4. The molecule has 1 rings (SSSR count). The van der Waals surface area contributed by atoms with Crippen molar-refractivity contribution in [2.45, 2.75) is 25.0 Å². The van der Waals surface area contributed by atoms with Crippen molar-refractivity contribution in [1.29, 1.82) is 0 Å². The topological polar surface area (TPSA) is 108 Å². The van der Waals surface area contributed by atoms with Gasteiger partial charge >= 0.3 is 0 Å². The molecule has 0 heterocycles. The Balaban J connectivity index is 2.43. The predicted octanol–water partition coefficient (Wildman–Crippen LogP) is 2.76. The van der Waals surface area contributed by atoms with E-state index in [1.807, 2.05) is 0 Å². The highest BCUT2D eigenvalue weighted by Gasteiger charge is 2.17. The molecular weight excluding hydrogens is 414 g/mol. The van der Waals surface area contributed by atoms with Crippen molar-refractivity contribution in [2.24, 2.45) is 10.9 Å². The van der Waals surface area contributed by atoms with E-state index >= 15 is 0 Å². The molecule has 0 saturated heterocycles. The first kappa shape index (κ1) is 21.1. The summed E-state index contributed by atoms with van der Waals surface area (Å²) in [6.45, 7) is 5.18. The van der Waals surface area contributed by atoms with Crippen molar-refractivity contribution in [2.75, 3.05) is 18.8 Å².